The van der Waals surface area contributed by atoms with Crippen molar-refractivity contribution in [1.29, 1.82) is 0 Å². The highest BCUT2D eigenvalue weighted by Gasteiger charge is 2.38. The highest BCUT2D eigenvalue weighted by atomic mass is 19.4. The number of hydrogen-bond donors (Lipinski definition) is 0. The van der Waals surface area contributed by atoms with Crippen LogP contribution >= 0.6 is 0 Å². The number of hydrogen-bond acceptors (Lipinski definition) is 1. The van der Waals surface area contributed by atoms with Gasteiger partial charge in [-0.25, -0.2) is 8.78 Å². The van der Waals surface area contributed by atoms with Gasteiger partial charge in [-0.2, -0.15) is 13.2 Å². The molecule has 5 rings (SSSR count). The molecule has 1 heterocycles. The van der Waals surface area contributed by atoms with Crippen molar-refractivity contribution < 1.29 is 26.7 Å². The molecule has 2 saturated carbocycles. The molecular formula is C29H31F5O. The molecule has 1 saturated heterocycles. The summed E-state index contributed by atoms with van der Waals surface area (Å²) in [6.45, 7) is 3.09. The van der Waals surface area contributed by atoms with Gasteiger partial charge in [-0.1, -0.05) is 31.4 Å². The molecule has 2 aliphatic carbocycles. The topological polar surface area (TPSA) is 9.23 Å². The van der Waals surface area contributed by atoms with E-state index in [0.29, 0.717) is 17.9 Å². The van der Waals surface area contributed by atoms with Crippen LogP contribution in [0.3, 0.4) is 0 Å². The lowest BCUT2D eigenvalue weighted by atomic mass is 9.62. The number of rotatable bonds is 2. The van der Waals surface area contributed by atoms with Crippen molar-refractivity contribution in [3.05, 3.63) is 47.0 Å². The number of alkyl halides is 3. The van der Waals surface area contributed by atoms with Crippen molar-refractivity contribution in [2.45, 2.75) is 70.6 Å². The average Bonchev–Trinajstić information content (AvgIpc) is 2.82. The summed E-state index contributed by atoms with van der Waals surface area (Å²) in [5, 5.41) is 0.347. The fourth-order valence-corrected chi connectivity index (χ4v) is 6.79. The third-order valence-corrected chi connectivity index (χ3v) is 8.65. The van der Waals surface area contributed by atoms with Gasteiger partial charge in [-0.05, 0) is 97.6 Å². The van der Waals surface area contributed by atoms with E-state index in [2.05, 4.69) is 6.92 Å². The summed E-state index contributed by atoms with van der Waals surface area (Å²) >= 11 is 0. The van der Waals surface area contributed by atoms with Gasteiger partial charge in [0, 0.05) is 11.3 Å². The Balaban J connectivity index is 1.26. The first-order chi connectivity index (χ1) is 16.7. The molecule has 1 nitrogen and oxygen atoms in total. The van der Waals surface area contributed by atoms with Gasteiger partial charge in [0.05, 0.1) is 18.3 Å². The van der Waals surface area contributed by atoms with Crippen LogP contribution in [0.25, 0.3) is 10.8 Å². The second-order valence-electron chi connectivity index (χ2n) is 10.9. The van der Waals surface area contributed by atoms with Crippen LogP contribution in [0.4, 0.5) is 22.0 Å². The van der Waals surface area contributed by atoms with Crippen LogP contribution in [0.5, 0.6) is 0 Å². The summed E-state index contributed by atoms with van der Waals surface area (Å²) < 4.78 is 72.5. The van der Waals surface area contributed by atoms with Gasteiger partial charge in [-0.3, -0.25) is 0 Å². The van der Waals surface area contributed by atoms with Gasteiger partial charge < -0.3 is 4.74 Å². The van der Waals surface area contributed by atoms with Gasteiger partial charge in [0.1, 0.15) is 11.6 Å². The lowest BCUT2D eigenvalue weighted by Crippen LogP contribution is -2.35. The molecule has 6 heteroatoms. The highest BCUT2D eigenvalue weighted by molar-refractivity contribution is 5.85. The second-order valence-corrected chi connectivity index (χ2v) is 10.9. The van der Waals surface area contributed by atoms with Crippen molar-refractivity contribution in [3.8, 4) is 11.8 Å². The van der Waals surface area contributed by atoms with Gasteiger partial charge in [-0.15, -0.1) is 0 Å². The van der Waals surface area contributed by atoms with E-state index in [0.717, 1.165) is 54.1 Å². The molecule has 0 amide bonds. The first-order valence-electron chi connectivity index (χ1n) is 12.8. The monoisotopic (exact) mass is 490 g/mol. The summed E-state index contributed by atoms with van der Waals surface area (Å²) in [5.74, 6) is 4.32. The minimum atomic E-state index is -4.82. The van der Waals surface area contributed by atoms with Crippen LogP contribution in [0.2, 0.25) is 0 Å². The predicted molar refractivity (Wildman–Crippen MR) is 126 cm³/mol. The van der Waals surface area contributed by atoms with Crippen LogP contribution in [-0.2, 0) is 4.74 Å². The summed E-state index contributed by atoms with van der Waals surface area (Å²) in [6, 6.07) is 5.95. The Kier molecular flexibility index (Phi) is 6.83. The molecule has 0 radical (unpaired) electrons. The van der Waals surface area contributed by atoms with Crippen molar-refractivity contribution in [3.63, 3.8) is 0 Å². The van der Waals surface area contributed by atoms with Crippen LogP contribution in [0.15, 0.2) is 24.3 Å². The van der Waals surface area contributed by atoms with E-state index in [9.17, 15) is 22.0 Å². The maximum absolute atomic E-state index is 14.7. The van der Waals surface area contributed by atoms with Gasteiger partial charge in [0.2, 0.25) is 0 Å². The standard InChI is InChI=1S/C29H31F5O/c1-17-2-3-19-13-20(5-4-18(19)12-17)22-7-9-27(35-16-22)21-6-8-24-23(14-21)15-26(30)25(28(24)31)10-11-29(32,33)34/h6,8,14-15,17-20,22,27H,2-5,7,9,12-13,16H2,1H3. The van der Waals surface area contributed by atoms with E-state index in [1.54, 1.807) is 18.1 Å². The molecule has 35 heavy (non-hydrogen) atoms. The molecule has 0 aromatic heterocycles. The van der Waals surface area contributed by atoms with Crippen LogP contribution in [0, 0.1) is 53.1 Å². The second kappa shape index (κ2) is 9.73. The highest BCUT2D eigenvalue weighted by Crippen LogP contribution is 2.48. The molecule has 0 N–H and O–H groups in total. The summed E-state index contributed by atoms with van der Waals surface area (Å²) in [6.07, 6.45) is 5.05. The van der Waals surface area contributed by atoms with Crippen LogP contribution < -0.4 is 0 Å². The molecule has 2 aromatic rings. The molecule has 2 aromatic carbocycles. The quantitative estimate of drug-likeness (QED) is 0.304. The maximum atomic E-state index is 14.7. The zero-order chi connectivity index (χ0) is 24.7. The third-order valence-electron chi connectivity index (χ3n) is 8.65. The van der Waals surface area contributed by atoms with E-state index in [-0.39, 0.29) is 11.5 Å². The predicted octanol–water partition coefficient (Wildman–Crippen LogP) is 8.35. The molecule has 3 aliphatic rings. The summed E-state index contributed by atoms with van der Waals surface area (Å²) in [4.78, 5) is 0. The number of halogens is 5. The molecule has 6 unspecified atom stereocenters. The van der Waals surface area contributed by atoms with Gasteiger partial charge >= 0.3 is 6.18 Å². The van der Waals surface area contributed by atoms with Crippen molar-refractivity contribution in [2.24, 2.45) is 29.6 Å². The Bertz CT molecular complexity index is 1140. The smallest absolute Gasteiger partial charge is 0.373 e. The van der Waals surface area contributed by atoms with Crippen molar-refractivity contribution >= 4 is 10.8 Å². The number of ether oxygens (including phenoxy) is 1. The summed E-state index contributed by atoms with van der Waals surface area (Å²) in [7, 11) is 0. The maximum Gasteiger partial charge on any atom is 0.458 e. The summed E-state index contributed by atoms with van der Waals surface area (Å²) in [5.41, 5.74) is -0.0182. The molecule has 0 spiro atoms. The largest absolute Gasteiger partial charge is 0.458 e. The Morgan fingerprint density at radius 3 is 2.26 bits per heavy atom. The van der Waals surface area contributed by atoms with Crippen molar-refractivity contribution in [1.82, 2.24) is 0 Å². The number of fused-ring (bicyclic) bond motifs is 2. The van der Waals surface area contributed by atoms with E-state index in [4.69, 9.17) is 4.74 Å². The van der Waals surface area contributed by atoms with Crippen LogP contribution in [-0.4, -0.2) is 12.8 Å². The van der Waals surface area contributed by atoms with Gasteiger partial charge in [0.25, 0.3) is 0 Å². The van der Waals surface area contributed by atoms with E-state index >= 15 is 0 Å². The Labute approximate surface area is 203 Å². The lowest BCUT2D eigenvalue weighted by Gasteiger charge is -2.45. The Morgan fingerprint density at radius 2 is 1.54 bits per heavy atom. The van der Waals surface area contributed by atoms with E-state index < -0.39 is 23.4 Å². The zero-order valence-corrected chi connectivity index (χ0v) is 19.9. The molecule has 188 valence electrons. The van der Waals surface area contributed by atoms with E-state index in [1.165, 1.54) is 44.6 Å². The van der Waals surface area contributed by atoms with Gasteiger partial charge in [0.15, 0.2) is 0 Å². The third kappa shape index (κ3) is 5.35. The fraction of sp³-hybridized carbons (Fsp3) is 0.586. The molecule has 3 fully saturated rings. The molecule has 6 atom stereocenters. The fourth-order valence-electron chi connectivity index (χ4n) is 6.79. The van der Waals surface area contributed by atoms with E-state index in [1.807, 2.05) is 0 Å². The Morgan fingerprint density at radius 1 is 0.857 bits per heavy atom. The minimum Gasteiger partial charge on any atom is -0.373 e. The van der Waals surface area contributed by atoms with Crippen LogP contribution in [0.1, 0.15) is 75.5 Å². The lowest BCUT2D eigenvalue weighted by molar-refractivity contribution is -0.0696. The average molecular weight is 491 g/mol. The number of benzene rings is 2. The van der Waals surface area contributed by atoms with Crippen molar-refractivity contribution in [2.75, 3.05) is 6.61 Å². The SMILES string of the molecule is CC1CCC2CC(C3CCC(c4ccc5c(F)c(C#CC(F)(F)F)c(F)cc5c4)OC3)CCC2C1. The minimum absolute atomic E-state index is 0.0499. The Hall–Kier alpha value is -2.13. The first kappa shape index (κ1) is 24.6. The molecular weight excluding hydrogens is 459 g/mol. The normalized spacial score (nSPS) is 31.5. The molecule has 1 aliphatic heterocycles. The molecule has 0 bridgehead atoms. The first-order valence-corrected chi connectivity index (χ1v) is 12.8. The zero-order valence-electron chi connectivity index (χ0n) is 19.9.